The fourth-order valence-electron chi connectivity index (χ4n) is 2.22. The summed E-state index contributed by atoms with van der Waals surface area (Å²) in [6.07, 6.45) is 1.30. The van der Waals surface area contributed by atoms with E-state index in [0.29, 0.717) is 26.9 Å². The third-order valence-corrected chi connectivity index (χ3v) is 4.04. The highest BCUT2D eigenvalue weighted by atomic mass is 35.5. The molecule has 0 aliphatic rings. The Bertz CT molecular complexity index is 1050. The van der Waals surface area contributed by atoms with E-state index in [1.54, 1.807) is 24.3 Å². The number of benzene rings is 2. The SMILES string of the molecule is O=C(N/N=C\c1cccc([N+](=O)[O-])c1)c1cc(-c2ccc(Cl)cc2Cl)n[nH]1. The van der Waals surface area contributed by atoms with Crippen molar-refractivity contribution in [2.45, 2.75) is 0 Å². The number of nitro groups is 1. The minimum atomic E-state index is -0.527. The average molecular weight is 404 g/mol. The molecular formula is C17H11Cl2N5O3. The molecule has 0 aliphatic heterocycles. The van der Waals surface area contributed by atoms with Gasteiger partial charge in [-0.25, -0.2) is 5.43 Å². The summed E-state index contributed by atoms with van der Waals surface area (Å²) in [4.78, 5) is 22.4. The van der Waals surface area contributed by atoms with Crippen LogP contribution >= 0.6 is 23.2 Å². The fraction of sp³-hybridized carbons (Fsp3) is 0. The van der Waals surface area contributed by atoms with E-state index in [0.717, 1.165) is 0 Å². The van der Waals surface area contributed by atoms with Crippen LogP contribution in [-0.4, -0.2) is 27.2 Å². The monoisotopic (exact) mass is 403 g/mol. The molecule has 10 heteroatoms. The molecule has 2 aromatic carbocycles. The fourth-order valence-corrected chi connectivity index (χ4v) is 2.72. The lowest BCUT2D eigenvalue weighted by molar-refractivity contribution is -0.384. The highest BCUT2D eigenvalue weighted by molar-refractivity contribution is 6.36. The van der Waals surface area contributed by atoms with Crippen molar-refractivity contribution in [2.24, 2.45) is 5.10 Å². The number of nitrogens with one attached hydrogen (secondary N) is 2. The standard InChI is InChI=1S/C17H11Cl2N5O3/c18-11-4-5-13(14(19)7-11)15-8-16(22-21-15)17(25)23-20-9-10-2-1-3-12(6-10)24(26)27/h1-9H,(H,21,22)(H,23,25)/b20-9-. The van der Waals surface area contributed by atoms with Crippen molar-refractivity contribution in [1.82, 2.24) is 15.6 Å². The first-order chi connectivity index (χ1) is 12.9. The summed E-state index contributed by atoms with van der Waals surface area (Å²) in [5, 5.41) is 22.1. The van der Waals surface area contributed by atoms with Gasteiger partial charge >= 0.3 is 0 Å². The van der Waals surface area contributed by atoms with Crippen LogP contribution in [0.4, 0.5) is 5.69 Å². The molecule has 0 aliphatic carbocycles. The zero-order valence-electron chi connectivity index (χ0n) is 13.5. The second kappa shape index (κ2) is 7.98. The Balaban J connectivity index is 1.69. The number of aromatic amines is 1. The lowest BCUT2D eigenvalue weighted by Crippen LogP contribution is -2.18. The largest absolute Gasteiger partial charge is 0.289 e. The van der Waals surface area contributed by atoms with E-state index in [1.165, 1.54) is 30.5 Å². The van der Waals surface area contributed by atoms with Gasteiger partial charge in [-0.2, -0.15) is 10.2 Å². The predicted molar refractivity (Wildman–Crippen MR) is 102 cm³/mol. The second-order valence-corrected chi connectivity index (χ2v) is 6.19. The molecule has 0 fully saturated rings. The maximum atomic E-state index is 12.1. The molecule has 0 bridgehead atoms. The lowest BCUT2D eigenvalue weighted by atomic mass is 10.1. The number of hydrogen-bond acceptors (Lipinski definition) is 5. The van der Waals surface area contributed by atoms with Gasteiger partial charge in [0.25, 0.3) is 11.6 Å². The molecule has 0 spiro atoms. The number of carbonyl (C=O) groups excluding carboxylic acids is 1. The number of amides is 1. The van der Waals surface area contributed by atoms with Crippen molar-refractivity contribution in [3.8, 4) is 11.3 Å². The molecule has 1 heterocycles. The van der Waals surface area contributed by atoms with Crippen molar-refractivity contribution in [1.29, 1.82) is 0 Å². The summed E-state index contributed by atoms with van der Waals surface area (Å²) in [7, 11) is 0. The number of non-ortho nitro benzene ring substituents is 1. The molecule has 1 aromatic heterocycles. The number of carbonyl (C=O) groups is 1. The van der Waals surface area contributed by atoms with Crippen LogP contribution in [0.1, 0.15) is 16.1 Å². The molecule has 136 valence electrons. The Morgan fingerprint density at radius 3 is 2.78 bits per heavy atom. The maximum Gasteiger partial charge on any atom is 0.289 e. The third-order valence-electron chi connectivity index (χ3n) is 3.49. The van der Waals surface area contributed by atoms with Gasteiger partial charge in [0, 0.05) is 28.3 Å². The average Bonchev–Trinajstić information content (AvgIpc) is 3.12. The first kappa shape index (κ1) is 18.6. The smallest absolute Gasteiger partial charge is 0.272 e. The number of hydrazone groups is 1. The summed E-state index contributed by atoms with van der Waals surface area (Å²) in [5.41, 5.74) is 4.00. The minimum Gasteiger partial charge on any atom is -0.272 e. The number of nitro benzene ring substituents is 1. The zero-order chi connectivity index (χ0) is 19.4. The van der Waals surface area contributed by atoms with E-state index < -0.39 is 10.8 Å². The second-order valence-electron chi connectivity index (χ2n) is 5.34. The zero-order valence-corrected chi connectivity index (χ0v) is 15.0. The van der Waals surface area contributed by atoms with Gasteiger partial charge in [0.15, 0.2) is 0 Å². The highest BCUT2D eigenvalue weighted by Crippen LogP contribution is 2.29. The normalized spacial score (nSPS) is 10.9. The van der Waals surface area contributed by atoms with Gasteiger partial charge in [-0.05, 0) is 24.3 Å². The van der Waals surface area contributed by atoms with E-state index in [2.05, 4.69) is 20.7 Å². The van der Waals surface area contributed by atoms with E-state index in [1.807, 2.05) is 0 Å². The molecule has 0 unspecified atom stereocenters. The van der Waals surface area contributed by atoms with Gasteiger partial charge in [-0.1, -0.05) is 35.3 Å². The first-order valence-electron chi connectivity index (χ1n) is 7.53. The van der Waals surface area contributed by atoms with Crippen LogP contribution in [0.15, 0.2) is 53.6 Å². The number of aromatic nitrogens is 2. The van der Waals surface area contributed by atoms with Crippen LogP contribution in [0.2, 0.25) is 10.0 Å². The molecule has 3 aromatic rings. The Labute approximate surface area is 163 Å². The van der Waals surface area contributed by atoms with Gasteiger partial charge in [-0.15, -0.1) is 0 Å². The molecule has 0 saturated carbocycles. The van der Waals surface area contributed by atoms with E-state index in [-0.39, 0.29) is 11.4 Å². The van der Waals surface area contributed by atoms with Crippen molar-refractivity contribution >= 4 is 41.0 Å². The highest BCUT2D eigenvalue weighted by Gasteiger charge is 2.13. The Morgan fingerprint density at radius 2 is 2.04 bits per heavy atom. The summed E-state index contributed by atoms with van der Waals surface area (Å²) in [5.74, 6) is -0.527. The minimum absolute atomic E-state index is 0.0664. The van der Waals surface area contributed by atoms with Crippen LogP contribution in [0.3, 0.4) is 0 Å². The van der Waals surface area contributed by atoms with Crippen LogP contribution in [0.5, 0.6) is 0 Å². The van der Waals surface area contributed by atoms with Crippen LogP contribution in [-0.2, 0) is 0 Å². The molecule has 8 nitrogen and oxygen atoms in total. The van der Waals surface area contributed by atoms with Crippen LogP contribution in [0.25, 0.3) is 11.3 Å². The topological polar surface area (TPSA) is 113 Å². The number of hydrogen-bond donors (Lipinski definition) is 2. The number of nitrogens with zero attached hydrogens (tertiary/aromatic N) is 3. The Kier molecular flexibility index (Phi) is 5.49. The van der Waals surface area contributed by atoms with Crippen molar-refractivity contribution < 1.29 is 9.72 Å². The van der Waals surface area contributed by atoms with Crippen molar-refractivity contribution in [2.75, 3.05) is 0 Å². The number of H-pyrrole nitrogens is 1. The van der Waals surface area contributed by atoms with Gasteiger partial charge in [-0.3, -0.25) is 20.0 Å². The summed E-state index contributed by atoms with van der Waals surface area (Å²) < 4.78 is 0. The predicted octanol–water partition coefficient (Wildman–Crippen LogP) is 4.06. The molecule has 2 N–H and O–H groups in total. The molecule has 27 heavy (non-hydrogen) atoms. The van der Waals surface area contributed by atoms with Gasteiger partial charge < -0.3 is 0 Å². The van der Waals surface area contributed by atoms with E-state index >= 15 is 0 Å². The lowest BCUT2D eigenvalue weighted by Gasteiger charge is -2.00. The van der Waals surface area contributed by atoms with Crippen molar-refractivity contribution in [3.05, 3.63) is 79.9 Å². The molecule has 0 radical (unpaired) electrons. The first-order valence-corrected chi connectivity index (χ1v) is 8.28. The van der Waals surface area contributed by atoms with Crippen LogP contribution < -0.4 is 5.43 Å². The molecule has 0 atom stereocenters. The summed E-state index contributed by atoms with van der Waals surface area (Å²) in [6, 6.07) is 12.3. The summed E-state index contributed by atoms with van der Waals surface area (Å²) >= 11 is 12.0. The number of halogens is 2. The molecule has 0 saturated heterocycles. The van der Waals surface area contributed by atoms with Gasteiger partial charge in [0.05, 0.1) is 21.9 Å². The van der Waals surface area contributed by atoms with E-state index in [4.69, 9.17) is 23.2 Å². The molecule has 1 amide bonds. The van der Waals surface area contributed by atoms with Gasteiger partial charge in [0.2, 0.25) is 0 Å². The maximum absolute atomic E-state index is 12.1. The Morgan fingerprint density at radius 1 is 1.22 bits per heavy atom. The van der Waals surface area contributed by atoms with Crippen molar-refractivity contribution in [3.63, 3.8) is 0 Å². The molecule has 3 rings (SSSR count). The summed E-state index contributed by atoms with van der Waals surface area (Å²) in [6.45, 7) is 0. The van der Waals surface area contributed by atoms with Gasteiger partial charge in [0.1, 0.15) is 5.69 Å². The Hall–Kier alpha value is -3.23. The van der Waals surface area contributed by atoms with Crippen LogP contribution in [0, 0.1) is 10.1 Å². The van der Waals surface area contributed by atoms with E-state index in [9.17, 15) is 14.9 Å². The molecular weight excluding hydrogens is 393 g/mol. The third kappa shape index (κ3) is 4.49. The number of rotatable bonds is 5. The quantitative estimate of drug-likeness (QED) is 0.379.